The van der Waals surface area contributed by atoms with Gasteiger partial charge in [0, 0.05) is 12.7 Å². The van der Waals surface area contributed by atoms with Crippen LogP contribution in [0.3, 0.4) is 0 Å². The number of hydrogen-bond acceptors (Lipinski definition) is 4. The maximum atomic E-state index is 12.1. The number of nitrogens with zero attached hydrogens (tertiary/aromatic N) is 2. The minimum Gasteiger partial charge on any atom is -0.352 e. The van der Waals surface area contributed by atoms with Crippen molar-refractivity contribution in [2.45, 2.75) is 13.0 Å². The van der Waals surface area contributed by atoms with Crippen molar-refractivity contribution < 1.29 is 13.2 Å². The Bertz CT molecular complexity index is 784. The van der Waals surface area contributed by atoms with E-state index in [1.165, 1.54) is 6.20 Å². The molecule has 3 rings (SSSR count). The third kappa shape index (κ3) is 4.19. The van der Waals surface area contributed by atoms with Crippen molar-refractivity contribution in [1.82, 2.24) is 15.1 Å². The van der Waals surface area contributed by atoms with Crippen molar-refractivity contribution in [1.29, 1.82) is 0 Å². The predicted octanol–water partition coefficient (Wildman–Crippen LogP) is 1.10. The van der Waals surface area contributed by atoms with Gasteiger partial charge in [-0.05, 0) is 17.9 Å². The van der Waals surface area contributed by atoms with Gasteiger partial charge in [-0.15, -0.1) is 0 Å². The van der Waals surface area contributed by atoms with E-state index in [2.05, 4.69) is 10.4 Å². The molecule has 0 spiro atoms. The third-order valence-corrected chi connectivity index (χ3v) is 5.80. The van der Waals surface area contributed by atoms with Gasteiger partial charge >= 0.3 is 0 Å². The summed E-state index contributed by atoms with van der Waals surface area (Å²) >= 11 is 0. The van der Waals surface area contributed by atoms with Gasteiger partial charge in [-0.2, -0.15) is 5.10 Å². The van der Waals surface area contributed by atoms with Crippen molar-refractivity contribution in [2.24, 2.45) is 5.92 Å². The quantitative estimate of drug-likeness (QED) is 0.888. The van der Waals surface area contributed by atoms with E-state index in [0.29, 0.717) is 25.1 Å². The number of hydrogen-bond donors (Lipinski definition) is 1. The first-order valence-corrected chi connectivity index (χ1v) is 9.39. The van der Waals surface area contributed by atoms with Crippen LogP contribution in [0, 0.1) is 5.92 Å². The van der Waals surface area contributed by atoms with Crippen LogP contribution in [0.4, 0.5) is 0 Å². The Morgan fingerprint density at radius 1 is 1.30 bits per heavy atom. The Morgan fingerprint density at radius 2 is 2.09 bits per heavy atom. The summed E-state index contributed by atoms with van der Waals surface area (Å²) in [5, 5.41) is 6.99. The SMILES string of the molecule is O=C(NCC1CCS(=O)(=O)C1)c1cnn(Cc2ccccc2)c1. The van der Waals surface area contributed by atoms with E-state index in [1.54, 1.807) is 10.9 Å². The molecule has 6 nitrogen and oxygen atoms in total. The number of sulfone groups is 1. The Balaban J connectivity index is 1.54. The standard InChI is InChI=1S/C16H19N3O3S/c20-16(17-8-14-6-7-23(21,22)12-14)15-9-18-19(11-15)10-13-4-2-1-3-5-13/h1-5,9,11,14H,6-8,10,12H2,(H,17,20). The van der Waals surface area contributed by atoms with E-state index in [9.17, 15) is 13.2 Å². The Hall–Kier alpha value is -2.15. The van der Waals surface area contributed by atoms with Crippen LogP contribution >= 0.6 is 0 Å². The maximum absolute atomic E-state index is 12.1. The lowest BCUT2D eigenvalue weighted by atomic mass is 10.1. The number of amides is 1. The fourth-order valence-corrected chi connectivity index (χ4v) is 4.57. The largest absolute Gasteiger partial charge is 0.352 e. The highest BCUT2D eigenvalue weighted by atomic mass is 32.2. The Morgan fingerprint density at radius 3 is 2.78 bits per heavy atom. The van der Waals surface area contributed by atoms with E-state index < -0.39 is 9.84 Å². The van der Waals surface area contributed by atoms with Crippen molar-refractivity contribution in [2.75, 3.05) is 18.1 Å². The molecule has 0 aliphatic carbocycles. The molecular weight excluding hydrogens is 314 g/mol. The lowest BCUT2D eigenvalue weighted by Crippen LogP contribution is -2.29. The van der Waals surface area contributed by atoms with Gasteiger partial charge in [0.25, 0.3) is 5.91 Å². The zero-order valence-electron chi connectivity index (χ0n) is 12.7. The van der Waals surface area contributed by atoms with Gasteiger partial charge in [0.2, 0.25) is 0 Å². The molecule has 1 unspecified atom stereocenters. The first-order valence-electron chi connectivity index (χ1n) is 7.57. The van der Waals surface area contributed by atoms with Gasteiger partial charge in [-0.1, -0.05) is 30.3 Å². The maximum Gasteiger partial charge on any atom is 0.254 e. The molecule has 1 saturated heterocycles. The minimum absolute atomic E-state index is 0.0170. The van der Waals surface area contributed by atoms with E-state index in [-0.39, 0.29) is 23.3 Å². The molecule has 1 N–H and O–H groups in total. The highest BCUT2D eigenvalue weighted by molar-refractivity contribution is 7.91. The normalized spacial score (nSPS) is 19.6. The number of nitrogens with one attached hydrogen (secondary N) is 1. The van der Waals surface area contributed by atoms with Crippen molar-refractivity contribution >= 4 is 15.7 Å². The van der Waals surface area contributed by atoms with E-state index in [0.717, 1.165) is 5.56 Å². The second kappa shape index (κ2) is 6.54. The molecule has 1 fully saturated rings. The fraction of sp³-hybridized carbons (Fsp3) is 0.375. The van der Waals surface area contributed by atoms with E-state index in [1.807, 2.05) is 30.3 Å². The first kappa shape index (κ1) is 15.7. The molecule has 0 saturated carbocycles. The van der Waals surface area contributed by atoms with Crippen LogP contribution in [0.25, 0.3) is 0 Å². The lowest BCUT2D eigenvalue weighted by Gasteiger charge is -2.08. The average molecular weight is 333 g/mol. The van der Waals surface area contributed by atoms with Crippen LogP contribution in [0.15, 0.2) is 42.7 Å². The van der Waals surface area contributed by atoms with Gasteiger partial charge in [0.05, 0.1) is 29.8 Å². The summed E-state index contributed by atoms with van der Waals surface area (Å²) in [5.41, 5.74) is 1.60. The Kier molecular flexibility index (Phi) is 4.47. The fourth-order valence-electron chi connectivity index (χ4n) is 2.71. The highest BCUT2D eigenvalue weighted by Gasteiger charge is 2.28. The van der Waals surface area contributed by atoms with E-state index >= 15 is 0 Å². The van der Waals surface area contributed by atoms with E-state index in [4.69, 9.17) is 0 Å². The molecule has 1 aliphatic rings. The summed E-state index contributed by atoms with van der Waals surface area (Å²) in [7, 11) is -2.91. The summed E-state index contributed by atoms with van der Waals surface area (Å²) in [6.07, 6.45) is 3.85. The van der Waals surface area contributed by atoms with Crippen LogP contribution < -0.4 is 5.32 Å². The summed E-state index contributed by atoms with van der Waals surface area (Å²) in [6.45, 7) is 0.997. The van der Waals surface area contributed by atoms with Crippen molar-refractivity contribution in [3.63, 3.8) is 0 Å². The molecule has 1 aromatic carbocycles. The monoisotopic (exact) mass is 333 g/mol. The second-order valence-electron chi connectivity index (χ2n) is 5.89. The number of aromatic nitrogens is 2. The van der Waals surface area contributed by atoms with Crippen LogP contribution in [-0.4, -0.2) is 42.2 Å². The molecule has 0 bridgehead atoms. The molecular formula is C16H19N3O3S. The zero-order chi connectivity index (χ0) is 16.3. The summed E-state index contributed by atoms with van der Waals surface area (Å²) in [6, 6.07) is 9.88. The molecule has 23 heavy (non-hydrogen) atoms. The zero-order valence-corrected chi connectivity index (χ0v) is 13.5. The Labute approximate surface area is 135 Å². The topological polar surface area (TPSA) is 81.1 Å². The van der Waals surface area contributed by atoms with Crippen LogP contribution in [0.1, 0.15) is 22.3 Å². The molecule has 2 aromatic rings. The van der Waals surface area contributed by atoms with Crippen LogP contribution in [-0.2, 0) is 16.4 Å². The molecule has 2 heterocycles. The summed E-state index contributed by atoms with van der Waals surface area (Å²) in [4.78, 5) is 12.1. The minimum atomic E-state index is -2.91. The first-order chi connectivity index (χ1) is 11.0. The predicted molar refractivity (Wildman–Crippen MR) is 86.9 cm³/mol. The molecule has 1 aliphatic heterocycles. The van der Waals surface area contributed by atoms with Gasteiger partial charge < -0.3 is 5.32 Å². The summed E-state index contributed by atoms with van der Waals surface area (Å²) in [5.74, 6) is 0.195. The van der Waals surface area contributed by atoms with Gasteiger partial charge in [0.1, 0.15) is 0 Å². The third-order valence-electron chi connectivity index (χ3n) is 3.96. The smallest absolute Gasteiger partial charge is 0.254 e. The molecule has 1 atom stereocenters. The average Bonchev–Trinajstić information content (AvgIpc) is 3.12. The van der Waals surface area contributed by atoms with Gasteiger partial charge in [0.15, 0.2) is 9.84 Å². The number of carbonyl (C=O) groups excluding carboxylic acids is 1. The highest BCUT2D eigenvalue weighted by Crippen LogP contribution is 2.17. The number of rotatable bonds is 5. The van der Waals surface area contributed by atoms with Crippen molar-refractivity contribution in [3.05, 3.63) is 53.9 Å². The number of carbonyl (C=O) groups is 1. The van der Waals surface area contributed by atoms with Gasteiger partial charge in [-0.25, -0.2) is 8.42 Å². The second-order valence-corrected chi connectivity index (χ2v) is 8.12. The number of benzene rings is 1. The van der Waals surface area contributed by atoms with Crippen LogP contribution in [0.2, 0.25) is 0 Å². The molecule has 0 radical (unpaired) electrons. The molecule has 7 heteroatoms. The molecule has 1 aromatic heterocycles. The van der Waals surface area contributed by atoms with Crippen LogP contribution in [0.5, 0.6) is 0 Å². The molecule has 122 valence electrons. The molecule has 1 amide bonds. The van der Waals surface area contributed by atoms with Gasteiger partial charge in [-0.3, -0.25) is 9.48 Å². The summed E-state index contributed by atoms with van der Waals surface area (Å²) < 4.78 is 24.5. The lowest BCUT2D eigenvalue weighted by molar-refractivity contribution is 0.0948. The van der Waals surface area contributed by atoms with Crippen molar-refractivity contribution in [3.8, 4) is 0 Å².